The molecule has 29 heavy (non-hydrogen) atoms. The van der Waals surface area contributed by atoms with Gasteiger partial charge < -0.3 is 26.2 Å². The first-order valence-corrected chi connectivity index (χ1v) is 10.4. The number of unbranched alkanes of at least 4 members (excludes halogenated alkanes) is 5. The Hall–Kier alpha value is -2.65. The Labute approximate surface area is 171 Å². The molecule has 0 radical (unpaired) electrons. The number of aromatic nitrogens is 3. The molecule has 0 saturated heterocycles. The molecule has 1 aromatic heterocycles. The molecule has 0 aliphatic carbocycles. The monoisotopic (exact) mass is 410 g/mol. The molecule has 164 valence electrons. The van der Waals surface area contributed by atoms with Gasteiger partial charge in [-0.1, -0.05) is 39.0 Å². The molecule has 0 aliphatic rings. The van der Waals surface area contributed by atoms with Gasteiger partial charge in [-0.05, 0) is 19.3 Å². The summed E-state index contributed by atoms with van der Waals surface area (Å²) >= 11 is 0. The normalized spacial score (nSPS) is 10.5. The van der Waals surface area contributed by atoms with Gasteiger partial charge in [0.25, 0.3) is 0 Å². The van der Waals surface area contributed by atoms with Crippen LogP contribution in [0.1, 0.15) is 71.1 Å². The van der Waals surface area contributed by atoms with Gasteiger partial charge in [0.05, 0.1) is 0 Å². The van der Waals surface area contributed by atoms with Crippen LogP contribution in [-0.2, 0) is 9.59 Å². The highest BCUT2D eigenvalue weighted by Crippen LogP contribution is 2.11. The number of nitrogens with zero attached hydrogens (tertiary/aromatic N) is 3. The average Bonchev–Trinajstić information content (AvgIpc) is 2.67. The lowest BCUT2D eigenvalue weighted by molar-refractivity contribution is -0.138. The lowest BCUT2D eigenvalue weighted by atomic mass is 10.1. The van der Waals surface area contributed by atoms with E-state index in [2.05, 4.69) is 37.8 Å². The van der Waals surface area contributed by atoms with Gasteiger partial charge in [0.1, 0.15) is 0 Å². The van der Waals surface area contributed by atoms with Crippen LogP contribution in [0.15, 0.2) is 0 Å². The molecule has 0 spiro atoms. The molecular weight excluding hydrogens is 376 g/mol. The summed E-state index contributed by atoms with van der Waals surface area (Å²) in [5, 5.41) is 26.7. The molecule has 0 aliphatic heterocycles. The Morgan fingerprint density at radius 1 is 0.655 bits per heavy atom. The second-order valence-corrected chi connectivity index (χ2v) is 6.85. The van der Waals surface area contributed by atoms with Crippen LogP contribution < -0.4 is 16.0 Å². The number of rotatable bonds is 18. The van der Waals surface area contributed by atoms with Crippen LogP contribution in [-0.4, -0.2) is 56.7 Å². The first-order chi connectivity index (χ1) is 14.0. The maximum absolute atomic E-state index is 10.6. The van der Waals surface area contributed by atoms with Crippen molar-refractivity contribution in [1.82, 2.24) is 15.0 Å². The van der Waals surface area contributed by atoms with Gasteiger partial charge in [-0.2, -0.15) is 15.0 Å². The Morgan fingerprint density at radius 3 is 1.45 bits per heavy atom. The number of carbonyl (C=O) groups is 2. The van der Waals surface area contributed by atoms with Crippen molar-refractivity contribution in [2.45, 2.75) is 71.1 Å². The fourth-order valence-electron chi connectivity index (χ4n) is 2.60. The first kappa shape index (κ1) is 24.4. The summed E-state index contributed by atoms with van der Waals surface area (Å²) in [6.07, 6.45) is 8.23. The number of hydrogen-bond acceptors (Lipinski definition) is 8. The Morgan fingerprint density at radius 2 is 1.03 bits per heavy atom. The number of carboxylic acids is 2. The molecule has 0 bridgehead atoms. The summed E-state index contributed by atoms with van der Waals surface area (Å²) in [5.41, 5.74) is 0. The van der Waals surface area contributed by atoms with E-state index in [1.807, 2.05) is 0 Å². The molecule has 10 heteroatoms. The fraction of sp³-hybridized carbons (Fsp3) is 0.737. The maximum Gasteiger partial charge on any atom is 0.303 e. The van der Waals surface area contributed by atoms with E-state index in [0.717, 1.165) is 19.4 Å². The van der Waals surface area contributed by atoms with E-state index in [0.29, 0.717) is 43.8 Å². The van der Waals surface area contributed by atoms with Crippen LogP contribution in [0.25, 0.3) is 0 Å². The third kappa shape index (κ3) is 13.2. The van der Waals surface area contributed by atoms with Crippen molar-refractivity contribution in [1.29, 1.82) is 0 Å². The molecule has 5 N–H and O–H groups in total. The Kier molecular flexibility index (Phi) is 12.9. The molecule has 1 aromatic rings. The van der Waals surface area contributed by atoms with E-state index in [1.165, 1.54) is 25.7 Å². The minimum absolute atomic E-state index is 0.0709. The van der Waals surface area contributed by atoms with Crippen LogP contribution in [0, 0.1) is 0 Å². The van der Waals surface area contributed by atoms with Gasteiger partial charge in [0.2, 0.25) is 17.8 Å². The van der Waals surface area contributed by atoms with E-state index in [-0.39, 0.29) is 12.8 Å². The number of aliphatic carboxylic acids is 2. The number of hydrogen-bond donors (Lipinski definition) is 5. The zero-order valence-electron chi connectivity index (χ0n) is 17.2. The quantitative estimate of drug-likeness (QED) is 0.228. The molecule has 1 heterocycles. The molecule has 0 unspecified atom stereocenters. The van der Waals surface area contributed by atoms with Crippen molar-refractivity contribution in [2.75, 3.05) is 35.6 Å². The molecule has 10 nitrogen and oxygen atoms in total. The van der Waals surface area contributed by atoms with Gasteiger partial charge in [-0.3, -0.25) is 9.59 Å². The summed E-state index contributed by atoms with van der Waals surface area (Å²) in [6, 6.07) is 0. The molecule has 0 amide bonds. The summed E-state index contributed by atoms with van der Waals surface area (Å²) in [4.78, 5) is 34.1. The topological polar surface area (TPSA) is 149 Å². The lowest BCUT2D eigenvalue weighted by Gasteiger charge is -2.11. The van der Waals surface area contributed by atoms with E-state index in [1.54, 1.807) is 0 Å². The predicted octanol–water partition coefficient (Wildman–Crippen LogP) is 3.20. The molecular formula is C19H34N6O4. The predicted molar refractivity (Wildman–Crippen MR) is 112 cm³/mol. The Bertz CT molecular complexity index is 574. The summed E-state index contributed by atoms with van der Waals surface area (Å²) in [5.74, 6) is -0.530. The van der Waals surface area contributed by atoms with E-state index >= 15 is 0 Å². The molecule has 1 rings (SSSR count). The van der Waals surface area contributed by atoms with Gasteiger partial charge in [-0.25, -0.2) is 0 Å². The molecule has 0 saturated carbocycles. The summed E-state index contributed by atoms with van der Waals surface area (Å²) < 4.78 is 0. The number of nitrogens with one attached hydrogen (secondary N) is 3. The minimum Gasteiger partial charge on any atom is -0.481 e. The second kappa shape index (κ2) is 15.3. The van der Waals surface area contributed by atoms with Crippen LogP contribution >= 0.6 is 0 Å². The smallest absolute Gasteiger partial charge is 0.303 e. The maximum atomic E-state index is 10.6. The third-order valence-electron chi connectivity index (χ3n) is 4.15. The number of carboxylic acid groups (broad SMARTS) is 2. The standard InChI is InChI=1S/C19H34N6O4/c1-2-3-4-5-6-7-12-20-17-23-18(21-13-8-10-15(26)27)25-19(24-17)22-14-9-11-16(28)29/h2-14H2,1H3,(H,26,27)(H,28,29)(H3,20,21,22,23,24,25). The fourth-order valence-corrected chi connectivity index (χ4v) is 2.60. The first-order valence-electron chi connectivity index (χ1n) is 10.4. The van der Waals surface area contributed by atoms with Crippen LogP contribution in [0.2, 0.25) is 0 Å². The zero-order chi connectivity index (χ0) is 21.3. The largest absolute Gasteiger partial charge is 0.481 e. The summed E-state index contributed by atoms with van der Waals surface area (Å²) in [6.45, 7) is 3.83. The minimum atomic E-state index is -0.843. The molecule has 0 atom stereocenters. The molecule has 0 aromatic carbocycles. The zero-order valence-corrected chi connectivity index (χ0v) is 17.2. The highest BCUT2D eigenvalue weighted by atomic mass is 16.4. The van der Waals surface area contributed by atoms with E-state index in [4.69, 9.17) is 10.2 Å². The third-order valence-corrected chi connectivity index (χ3v) is 4.15. The van der Waals surface area contributed by atoms with E-state index in [9.17, 15) is 9.59 Å². The van der Waals surface area contributed by atoms with Gasteiger partial charge >= 0.3 is 11.9 Å². The van der Waals surface area contributed by atoms with Crippen molar-refractivity contribution >= 4 is 29.8 Å². The lowest BCUT2D eigenvalue weighted by Crippen LogP contribution is -2.15. The SMILES string of the molecule is CCCCCCCCNc1nc(NCCCC(=O)O)nc(NCCCC(=O)O)n1. The number of anilines is 3. The highest BCUT2D eigenvalue weighted by molar-refractivity contribution is 5.67. The van der Waals surface area contributed by atoms with Gasteiger partial charge in [0.15, 0.2) is 0 Å². The van der Waals surface area contributed by atoms with Crippen molar-refractivity contribution in [3.63, 3.8) is 0 Å². The van der Waals surface area contributed by atoms with E-state index < -0.39 is 11.9 Å². The van der Waals surface area contributed by atoms with Gasteiger partial charge in [0, 0.05) is 32.5 Å². The van der Waals surface area contributed by atoms with Crippen molar-refractivity contribution in [3.8, 4) is 0 Å². The average molecular weight is 411 g/mol. The van der Waals surface area contributed by atoms with Crippen LogP contribution in [0.5, 0.6) is 0 Å². The Balaban J connectivity index is 2.53. The highest BCUT2D eigenvalue weighted by Gasteiger charge is 2.07. The van der Waals surface area contributed by atoms with Crippen LogP contribution in [0.3, 0.4) is 0 Å². The summed E-state index contributed by atoms with van der Waals surface area (Å²) in [7, 11) is 0. The second-order valence-electron chi connectivity index (χ2n) is 6.85. The van der Waals surface area contributed by atoms with Crippen molar-refractivity contribution in [3.05, 3.63) is 0 Å². The molecule has 0 fully saturated rings. The van der Waals surface area contributed by atoms with Crippen LogP contribution in [0.4, 0.5) is 17.8 Å². The van der Waals surface area contributed by atoms with Crippen molar-refractivity contribution in [2.24, 2.45) is 0 Å². The van der Waals surface area contributed by atoms with Crippen molar-refractivity contribution < 1.29 is 19.8 Å². The van der Waals surface area contributed by atoms with Gasteiger partial charge in [-0.15, -0.1) is 0 Å².